The minimum Gasteiger partial charge on any atom is -0.375 e. The zero-order valence-corrected chi connectivity index (χ0v) is 18.8. The van der Waals surface area contributed by atoms with E-state index in [1.165, 1.54) is 0 Å². The average molecular weight is 414 g/mol. The molecule has 0 bridgehead atoms. The molecule has 0 saturated heterocycles. The molecule has 2 aromatic rings. The number of amides is 1. The van der Waals surface area contributed by atoms with Gasteiger partial charge in [0.1, 0.15) is 17.7 Å². The van der Waals surface area contributed by atoms with Crippen LogP contribution < -0.4 is 5.32 Å². The number of anilines is 1. The summed E-state index contributed by atoms with van der Waals surface area (Å²) in [4.78, 5) is 21.2. The standard InChI is InChI=1S/C21H29N5O2.C2H6/c1-4-16-8-5-6-9-17(16)23-21(28)18-14-22-19-15-25(12-13-26(18)19)20(27)10-7-11-24(2)3;1-2/h5-10,14,20,27H,4,11-13,15H2,1-3H3,(H,23,28);1-2H3/b10-7+;. The zero-order valence-electron chi connectivity index (χ0n) is 18.8. The maximum absolute atomic E-state index is 12.8. The third-order valence-corrected chi connectivity index (χ3v) is 4.93. The van der Waals surface area contributed by atoms with Crippen LogP contribution in [0.4, 0.5) is 5.69 Å². The molecule has 2 heterocycles. The van der Waals surface area contributed by atoms with Gasteiger partial charge in [-0.15, -0.1) is 0 Å². The highest BCUT2D eigenvalue weighted by atomic mass is 16.3. The average Bonchev–Trinajstić information content (AvgIpc) is 3.18. The topological polar surface area (TPSA) is 73.6 Å². The van der Waals surface area contributed by atoms with Crippen LogP contribution in [0.25, 0.3) is 0 Å². The molecule has 0 radical (unpaired) electrons. The van der Waals surface area contributed by atoms with E-state index in [1.54, 1.807) is 12.3 Å². The van der Waals surface area contributed by atoms with Crippen LogP contribution in [-0.2, 0) is 19.5 Å². The highest BCUT2D eigenvalue weighted by Crippen LogP contribution is 2.20. The summed E-state index contributed by atoms with van der Waals surface area (Å²) in [5, 5.41) is 13.4. The first-order valence-electron chi connectivity index (χ1n) is 10.7. The molecule has 164 valence electrons. The fourth-order valence-electron chi connectivity index (χ4n) is 3.34. The number of carbonyl (C=O) groups excluding carboxylic acids is 1. The van der Waals surface area contributed by atoms with Crippen molar-refractivity contribution in [3.63, 3.8) is 0 Å². The third kappa shape index (κ3) is 6.01. The van der Waals surface area contributed by atoms with Gasteiger partial charge in [0.05, 0.1) is 12.7 Å². The lowest BCUT2D eigenvalue weighted by molar-refractivity contribution is 0.0206. The van der Waals surface area contributed by atoms with Gasteiger partial charge in [0, 0.05) is 25.3 Å². The van der Waals surface area contributed by atoms with Crippen LogP contribution in [0.1, 0.15) is 42.6 Å². The molecule has 1 aliphatic rings. The molecule has 7 heteroatoms. The van der Waals surface area contributed by atoms with Gasteiger partial charge in [-0.1, -0.05) is 45.0 Å². The summed E-state index contributed by atoms with van der Waals surface area (Å²) in [5.41, 5.74) is 2.50. The van der Waals surface area contributed by atoms with Gasteiger partial charge in [-0.05, 0) is 38.2 Å². The number of aryl methyl sites for hydroxylation is 1. The summed E-state index contributed by atoms with van der Waals surface area (Å²) in [7, 11) is 3.97. The lowest BCUT2D eigenvalue weighted by Crippen LogP contribution is -2.41. The van der Waals surface area contributed by atoms with Gasteiger partial charge in [0.25, 0.3) is 5.91 Å². The predicted octanol–water partition coefficient (Wildman–Crippen LogP) is 2.98. The minimum atomic E-state index is -0.654. The van der Waals surface area contributed by atoms with E-state index < -0.39 is 6.23 Å². The van der Waals surface area contributed by atoms with Crippen molar-refractivity contribution < 1.29 is 9.90 Å². The summed E-state index contributed by atoms with van der Waals surface area (Å²) < 4.78 is 1.94. The molecule has 0 spiro atoms. The van der Waals surface area contributed by atoms with Gasteiger partial charge in [0.2, 0.25) is 0 Å². The fraction of sp³-hybridized carbons (Fsp3) is 0.478. The SMILES string of the molecule is CC.CCc1ccccc1NC(=O)c1cnc2n1CCN(C(O)/C=C/CN(C)C)C2. The highest BCUT2D eigenvalue weighted by molar-refractivity contribution is 6.03. The molecule has 0 fully saturated rings. The van der Waals surface area contributed by atoms with Crippen LogP contribution in [0, 0.1) is 0 Å². The first-order valence-corrected chi connectivity index (χ1v) is 10.7. The normalized spacial score (nSPS) is 14.9. The summed E-state index contributed by atoms with van der Waals surface area (Å²) in [6, 6.07) is 7.83. The summed E-state index contributed by atoms with van der Waals surface area (Å²) >= 11 is 0. The number of para-hydroxylation sites is 1. The zero-order chi connectivity index (χ0) is 22.1. The monoisotopic (exact) mass is 413 g/mol. The maximum atomic E-state index is 12.8. The number of nitrogens with zero attached hydrogens (tertiary/aromatic N) is 4. The lowest BCUT2D eigenvalue weighted by atomic mass is 10.1. The Kier molecular flexibility index (Phi) is 9.23. The Bertz CT molecular complexity index is 844. The van der Waals surface area contributed by atoms with Crippen LogP contribution in [0.15, 0.2) is 42.6 Å². The number of rotatable bonds is 7. The van der Waals surface area contributed by atoms with Gasteiger partial charge in [-0.25, -0.2) is 4.98 Å². The summed E-state index contributed by atoms with van der Waals surface area (Å²) in [5.74, 6) is 0.639. The van der Waals surface area contributed by atoms with Crippen molar-refractivity contribution in [2.75, 3.05) is 32.5 Å². The van der Waals surface area contributed by atoms with Crippen molar-refractivity contribution in [1.29, 1.82) is 0 Å². The van der Waals surface area contributed by atoms with E-state index in [4.69, 9.17) is 0 Å². The molecule has 2 N–H and O–H groups in total. The Hall–Kier alpha value is -2.48. The van der Waals surface area contributed by atoms with Crippen LogP contribution in [-0.4, -0.2) is 63.8 Å². The molecular formula is C23H35N5O2. The molecule has 0 aliphatic carbocycles. The van der Waals surface area contributed by atoms with Gasteiger partial charge in [-0.3, -0.25) is 9.69 Å². The second-order valence-corrected chi connectivity index (χ2v) is 7.25. The van der Waals surface area contributed by atoms with Gasteiger partial charge in [-0.2, -0.15) is 0 Å². The van der Waals surface area contributed by atoms with E-state index in [2.05, 4.69) is 17.2 Å². The van der Waals surface area contributed by atoms with Crippen LogP contribution in [0.5, 0.6) is 0 Å². The van der Waals surface area contributed by atoms with Crippen LogP contribution in [0.2, 0.25) is 0 Å². The number of aliphatic hydroxyl groups is 1. The van der Waals surface area contributed by atoms with Crippen LogP contribution in [0.3, 0.4) is 0 Å². The van der Waals surface area contributed by atoms with E-state index in [1.807, 2.05) is 72.7 Å². The molecule has 7 nitrogen and oxygen atoms in total. The molecule has 1 atom stereocenters. The summed E-state index contributed by atoms with van der Waals surface area (Å²) in [6.45, 7) is 8.63. The third-order valence-electron chi connectivity index (χ3n) is 4.93. The van der Waals surface area contributed by atoms with E-state index >= 15 is 0 Å². The quantitative estimate of drug-likeness (QED) is 0.683. The number of hydrogen-bond donors (Lipinski definition) is 2. The Balaban J connectivity index is 0.00000155. The lowest BCUT2D eigenvalue weighted by Gasteiger charge is -2.30. The number of benzene rings is 1. The first-order chi connectivity index (χ1) is 14.5. The highest BCUT2D eigenvalue weighted by Gasteiger charge is 2.25. The minimum absolute atomic E-state index is 0.153. The van der Waals surface area contributed by atoms with E-state index in [9.17, 15) is 9.90 Å². The predicted molar refractivity (Wildman–Crippen MR) is 121 cm³/mol. The fourth-order valence-corrected chi connectivity index (χ4v) is 3.34. The number of fused-ring (bicyclic) bond motifs is 1. The number of hydrogen-bond acceptors (Lipinski definition) is 5. The molecule has 1 amide bonds. The van der Waals surface area contributed by atoms with E-state index in [0.29, 0.717) is 25.3 Å². The Labute approximate surface area is 180 Å². The second kappa shape index (κ2) is 11.6. The van der Waals surface area contributed by atoms with E-state index in [0.717, 1.165) is 30.0 Å². The Morgan fingerprint density at radius 2 is 2.03 bits per heavy atom. The molecule has 0 saturated carbocycles. The van der Waals surface area contributed by atoms with Crippen molar-refractivity contribution in [2.45, 2.75) is 46.5 Å². The second-order valence-electron chi connectivity index (χ2n) is 7.25. The number of carbonyl (C=O) groups is 1. The molecule has 3 rings (SSSR count). The number of aromatic nitrogens is 2. The summed E-state index contributed by atoms with van der Waals surface area (Å²) in [6.07, 6.45) is 5.58. The molecule has 1 aromatic carbocycles. The number of likely N-dealkylation sites (N-methyl/N-ethyl adjacent to an activating group) is 1. The van der Waals surface area contributed by atoms with Crippen molar-refractivity contribution in [3.8, 4) is 0 Å². The van der Waals surface area contributed by atoms with Gasteiger partial charge < -0.3 is 19.9 Å². The van der Waals surface area contributed by atoms with Gasteiger partial charge >= 0.3 is 0 Å². The number of nitrogens with one attached hydrogen (secondary N) is 1. The Morgan fingerprint density at radius 3 is 2.73 bits per heavy atom. The molecule has 30 heavy (non-hydrogen) atoms. The first kappa shape index (κ1) is 23.8. The maximum Gasteiger partial charge on any atom is 0.273 e. The molecule has 1 aromatic heterocycles. The number of imidazole rings is 1. The molecule has 1 aliphatic heterocycles. The van der Waals surface area contributed by atoms with Crippen molar-refractivity contribution >= 4 is 11.6 Å². The Morgan fingerprint density at radius 1 is 1.30 bits per heavy atom. The molecule has 1 unspecified atom stereocenters. The van der Waals surface area contributed by atoms with E-state index in [-0.39, 0.29) is 5.91 Å². The number of aliphatic hydroxyl groups excluding tert-OH is 1. The van der Waals surface area contributed by atoms with Crippen molar-refractivity contribution in [3.05, 3.63) is 59.7 Å². The smallest absolute Gasteiger partial charge is 0.273 e. The van der Waals surface area contributed by atoms with Crippen LogP contribution >= 0.6 is 0 Å². The molecular weight excluding hydrogens is 378 g/mol. The van der Waals surface area contributed by atoms with Crippen molar-refractivity contribution in [1.82, 2.24) is 19.4 Å². The van der Waals surface area contributed by atoms with Crippen molar-refractivity contribution in [2.24, 2.45) is 0 Å². The largest absolute Gasteiger partial charge is 0.375 e. The van der Waals surface area contributed by atoms with Gasteiger partial charge in [0.15, 0.2) is 0 Å².